The van der Waals surface area contributed by atoms with Crippen LogP contribution < -0.4 is 20.9 Å². The van der Waals surface area contributed by atoms with Gasteiger partial charge < -0.3 is 35.2 Å². The normalized spacial score (nSPS) is 11.2. The third-order valence-electron chi connectivity index (χ3n) is 5.61. The van der Waals surface area contributed by atoms with Gasteiger partial charge in [0, 0.05) is 23.9 Å². The number of anilines is 2. The molecule has 44 heavy (non-hydrogen) atoms. The molecule has 13 heteroatoms. The molecule has 0 bridgehead atoms. The Balaban J connectivity index is 1.30. The molecule has 0 spiro atoms. The summed E-state index contributed by atoms with van der Waals surface area (Å²) in [6, 6.07) is 16.6. The van der Waals surface area contributed by atoms with E-state index in [0.29, 0.717) is 22.7 Å². The third-order valence-corrected chi connectivity index (χ3v) is 5.61. The molecular weight excluding hydrogens is 585 g/mol. The van der Waals surface area contributed by atoms with Crippen LogP contribution in [0.2, 0.25) is 0 Å². The van der Waals surface area contributed by atoms with Crippen molar-refractivity contribution in [3.8, 4) is 11.5 Å². The zero-order valence-electron chi connectivity index (χ0n) is 23.5. The van der Waals surface area contributed by atoms with Crippen molar-refractivity contribution in [3.63, 3.8) is 0 Å². The number of nitrogens with two attached hydrogens (primary N) is 2. The van der Waals surface area contributed by atoms with Gasteiger partial charge in [-0.2, -0.15) is 13.2 Å². The van der Waals surface area contributed by atoms with Crippen LogP contribution in [0.15, 0.2) is 72.8 Å². The second kappa shape index (κ2) is 16.6. The van der Waals surface area contributed by atoms with Crippen molar-refractivity contribution in [1.82, 2.24) is 0 Å². The van der Waals surface area contributed by atoms with Crippen LogP contribution in [0.1, 0.15) is 39.1 Å². The van der Waals surface area contributed by atoms with Gasteiger partial charge in [-0.1, -0.05) is 12.1 Å². The summed E-state index contributed by atoms with van der Waals surface area (Å²) in [5, 5.41) is 0. The fourth-order valence-corrected chi connectivity index (χ4v) is 3.55. The van der Waals surface area contributed by atoms with E-state index in [4.69, 9.17) is 35.2 Å². The van der Waals surface area contributed by atoms with E-state index in [1.807, 2.05) is 0 Å². The van der Waals surface area contributed by atoms with Gasteiger partial charge in [0.15, 0.2) is 0 Å². The quantitative estimate of drug-likeness (QED) is 0.0765. The van der Waals surface area contributed by atoms with Crippen molar-refractivity contribution in [3.05, 3.63) is 89.5 Å². The first-order chi connectivity index (χ1) is 21.0. The largest absolute Gasteiger partial charge is 0.494 e. The summed E-state index contributed by atoms with van der Waals surface area (Å²) in [4.78, 5) is 36.3. The van der Waals surface area contributed by atoms with Crippen molar-refractivity contribution in [2.75, 3.05) is 44.5 Å². The van der Waals surface area contributed by atoms with Gasteiger partial charge in [-0.15, -0.1) is 0 Å². The number of esters is 3. The fraction of sp³-hybridized carbons (Fsp3) is 0.258. The van der Waals surface area contributed by atoms with E-state index in [1.165, 1.54) is 54.6 Å². The average molecular weight is 617 g/mol. The summed E-state index contributed by atoms with van der Waals surface area (Å²) in [5.41, 5.74) is 13.1. The minimum atomic E-state index is -4.23. The first-order valence-corrected chi connectivity index (χ1v) is 13.4. The van der Waals surface area contributed by atoms with Crippen LogP contribution in [0.5, 0.6) is 11.5 Å². The lowest BCUT2D eigenvalue weighted by atomic mass is 10.2. The first kappa shape index (κ1) is 33.5. The molecule has 0 aliphatic rings. The molecule has 3 aromatic rings. The molecule has 0 saturated heterocycles. The predicted octanol–water partition coefficient (Wildman–Crippen LogP) is 5.22. The number of carbonyl (C=O) groups excluding carboxylic acids is 3. The van der Waals surface area contributed by atoms with Gasteiger partial charge in [0.05, 0.1) is 30.9 Å². The van der Waals surface area contributed by atoms with Crippen molar-refractivity contribution in [2.45, 2.75) is 19.0 Å². The zero-order valence-corrected chi connectivity index (χ0v) is 23.5. The summed E-state index contributed by atoms with van der Waals surface area (Å²) in [6.45, 7) is 0.0794. The molecule has 0 radical (unpaired) electrons. The summed E-state index contributed by atoms with van der Waals surface area (Å²) < 4.78 is 62.6. The Morgan fingerprint density at radius 2 is 1.32 bits per heavy atom. The number of ether oxygens (including phenoxy) is 5. The van der Waals surface area contributed by atoms with Crippen LogP contribution in [-0.4, -0.2) is 57.1 Å². The van der Waals surface area contributed by atoms with Crippen LogP contribution in [0.25, 0.3) is 6.08 Å². The Labute approximate surface area is 251 Å². The van der Waals surface area contributed by atoms with Gasteiger partial charge in [-0.3, -0.25) is 0 Å². The Hall–Kier alpha value is -5.04. The second-order valence-corrected chi connectivity index (χ2v) is 9.19. The molecule has 3 aromatic carbocycles. The van der Waals surface area contributed by atoms with Gasteiger partial charge in [0.1, 0.15) is 24.7 Å². The highest BCUT2D eigenvalue weighted by Crippen LogP contribution is 2.22. The van der Waals surface area contributed by atoms with E-state index >= 15 is 0 Å². The average Bonchev–Trinajstić information content (AvgIpc) is 2.97. The number of rotatable bonds is 15. The summed E-state index contributed by atoms with van der Waals surface area (Å²) in [6.07, 6.45) is -2.58. The SMILES string of the molecule is Nc1cc(N)cc(C(=O)OCCOCCOC(=O)C=Cc2ccc(OC(=O)c3ccc(OCCCC(F)(F)F)cc3)cc2)c1. The number of nitrogen functional groups attached to an aromatic ring is 2. The van der Waals surface area contributed by atoms with Crippen LogP contribution in [0.3, 0.4) is 0 Å². The lowest BCUT2D eigenvalue weighted by molar-refractivity contribution is -0.139. The van der Waals surface area contributed by atoms with Crippen LogP contribution in [-0.2, 0) is 19.0 Å². The van der Waals surface area contributed by atoms with Gasteiger partial charge in [-0.05, 0) is 72.7 Å². The lowest BCUT2D eigenvalue weighted by Gasteiger charge is -2.09. The van der Waals surface area contributed by atoms with E-state index < -0.39 is 30.5 Å². The molecule has 10 nitrogen and oxygen atoms in total. The number of alkyl halides is 3. The van der Waals surface area contributed by atoms with Crippen LogP contribution in [0, 0.1) is 0 Å². The van der Waals surface area contributed by atoms with E-state index in [-0.39, 0.29) is 56.3 Å². The summed E-state index contributed by atoms with van der Waals surface area (Å²) in [7, 11) is 0. The maximum atomic E-state index is 12.4. The molecule has 0 aliphatic carbocycles. The van der Waals surface area contributed by atoms with E-state index in [9.17, 15) is 27.6 Å². The minimum Gasteiger partial charge on any atom is -0.494 e. The molecule has 4 N–H and O–H groups in total. The Kier molecular flexibility index (Phi) is 12.6. The van der Waals surface area contributed by atoms with Crippen molar-refractivity contribution in [2.24, 2.45) is 0 Å². The monoisotopic (exact) mass is 616 g/mol. The lowest BCUT2D eigenvalue weighted by Crippen LogP contribution is -2.14. The first-order valence-electron chi connectivity index (χ1n) is 13.4. The molecule has 0 heterocycles. The zero-order chi connectivity index (χ0) is 32.0. The number of carbonyl (C=O) groups is 3. The molecular formula is C31H31F3N2O8. The molecule has 0 unspecified atom stereocenters. The topological polar surface area (TPSA) is 149 Å². The molecule has 0 aromatic heterocycles. The number of hydrogen-bond donors (Lipinski definition) is 2. The van der Waals surface area contributed by atoms with Crippen molar-refractivity contribution >= 4 is 35.4 Å². The number of benzene rings is 3. The standard InChI is InChI=1S/C31H31F3N2O8/c32-31(33,34)12-1-13-41-26-9-5-22(6-10-26)30(39)44-27-7-2-21(3-8-27)4-11-28(37)42-16-14-40-15-17-43-29(38)23-18-24(35)20-25(36)19-23/h2-11,18-20H,1,12-17,35-36H2. The van der Waals surface area contributed by atoms with E-state index in [2.05, 4.69) is 0 Å². The molecule has 0 saturated carbocycles. The molecule has 0 amide bonds. The van der Waals surface area contributed by atoms with Crippen LogP contribution in [0.4, 0.5) is 24.5 Å². The number of halogens is 3. The Morgan fingerprint density at radius 3 is 1.95 bits per heavy atom. The fourth-order valence-electron chi connectivity index (χ4n) is 3.55. The van der Waals surface area contributed by atoms with Gasteiger partial charge in [0.2, 0.25) is 0 Å². The van der Waals surface area contributed by atoms with E-state index in [0.717, 1.165) is 0 Å². The molecule has 0 fully saturated rings. The Bertz CT molecular complexity index is 1410. The highest BCUT2D eigenvalue weighted by atomic mass is 19.4. The predicted molar refractivity (Wildman–Crippen MR) is 155 cm³/mol. The van der Waals surface area contributed by atoms with Gasteiger partial charge in [0.25, 0.3) is 0 Å². The number of hydrogen-bond acceptors (Lipinski definition) is 10. The Morgan fingerprint density at radius 1 is 0.705 bits per heavy atom. The molecule has 3 rings (SSSR count). The smallest absolute Gasteiger partial charge is 0.389 e. The summed E-state index contributed by atoms with van der Waals surface area (Å²) >= 11 is 0. The van der Waals surface area contributed by atoms with Gasteiger partial charge in [-0.25, -0.2) is 14.4 Å². The van der Waals surface area contributed by atoms with Crippen molar-refractivity contribution in [1.29, 1.82) is 0 Å². The van der Waals surface area contributed by atoms with Crippen LogP contribution >= 0.6 is 0 Å². The second-order valence-electron chi connectivity index (χ2n) is 9.19. The molecule has 234 valence electrons. The molecule has 0 atom stereocenters. The van der Waals surface area contributed by atoms with Gasteiger partial charge >= 0.3 is 24.1 Å². The maximum Gasteiger partial charge on any atom is 0.389 e. The highest BCUT2D eigenvalue weighted by molar-refractivity contribution is 5.92. The van der Waals surface area contributed by atoms with Crippen molar-refractivity contribution < 1.29 is 51.2 Å². The minimum absolute atomic E-state index is 0.00901. The third kappa shape index (κ3) is 12.4. The highest BCUT2D eigenvalue weighted by Gasteiger charge is 2.26. The maximum absolute atomic E-state index is 12.4. The van der Waals surface area contributed by atoms with E-state index in [1.54, 1.807) is 24.3 Å². The summed E-state index contributed by atoms with van der Waals surface area (Å²) in [5.74, 6) is -1.21. The molecule has 0 aliphatic heterocycles.